The average Bonchev–Trinajstić information content (AvgIpc) is 2.95. The Hall–Kier alpha value is -2.14. The molecule has 0 saturated heterocycles. The largest absolute Gasteiger partial charge is 0.481 e. The number of thiophene rings is 1. The minimum absolute atomic E-state index is 0.0592. The van der Waals surface area contributed by atoms with E-state index >= 15 is 0 Å². The Kier molecular flexibility index (Phi) is 3.51. The van der Waals surface area contributed by atoms with Crippen LogP contribution >= 0.6 is 11.3 Å². The van der Waals surface area contributed by atoms with Crippen LogP contribution in [0.2, 0.25) is 0 Å². The van der Waals surface area contributed by atoms with Crippen LogP contribution in [0.3, 0.4) is 0 Å². The molecule has 1 aromatic carbocycles. The van der Waals surface area contributed by atoms with Gasteiger partial charge in [-0.25, -0.2) is 0 Å². The predicted molar refractivity (Wildman–Crippen MR) is 82.8 cm³/mol. The number of carbonyl (C=O) groups is 2. The predicted octanol–water partition coefficient (Wildman–Crippen LogP) is 3.49. The lowest BCUT2D eigenvalue weighted by molar-refractivity contribution is -0.138. The molecule has 21 heavy (non-hydrogen) atoms. The molecule has 1 aliphatic heterocycles. The van der Waals surface area contributed by atoms with Crippen molar-refractivity contribution in [2.75, 3.05) is 5.32 Å². The van der Waals surface area contributed by atoms with Crippen LogP contribution in [-0.4, -0.2) is 17.0 Å². The number of carbonyl (C=O) groups excluding carboxylic acids is 1. The Morgan fingerprint density at radius 2 is 2.10 bits per heavy atom. The Labute approximate surface area is 126 Å². The molecule has 4 nitrogen and oxygen atoms in total. The van der Waals surface area contributed by atoms with E-state index in [1.54, 1.807) is 6.92 Å². The van der Waals surface area contributed by atoms with E-state index in [2.05, 4.69) is 11.4 Å². The van der Waals surface area contributed by atoms with Crippen molar-refractivity contribution in [2.45, 2.75) is 25.7 Å². The van der Waals surface area contributed by atoms with Gasteiger partial charge in [0.05, 0.1) is 5.92 Å². The Bertz CT molecular complexity index is 720. The molecule has 1 atom stereocenters. The Morgan fingerprint density at radius 1 is 1.29 bits per heavy atom. The number of amides is 1. The van der Waals surface area contributed by atoms with Crippen molar-refractivity contribution in [2.24, 2.45) is 0 Å². The molecule has 0 radical (unpaired) electrons. The maximum Gasteiger partial charge on any atom is 0.311 e. The van der Waals surface area contributed by atoms with Gasteiger partial charge in [-0.1, -0.05) is 6.07 Å². The average molecular weight is 301 g/mol. The normalized spacial score (nSPS) is 15.2. The fourth-order valence-electron chi connectivity index (χ4n) is 2.40. The summed E-state index contributed by atoms with van der Waals surface area (Å²) in [4.78, 5) is 24.3. The molecule has 0 bridgehead atoms. The number of anilines is 1. The van der Waals surface area contributed by atoms with Crippen molar-refractivity contribution in [1.82, 2.24) is 0 Å². The molecular weight excluding hydrogens is 286 g/mol. The van der Waals surface area contributed by atoms with Crippen LogP contribution in [0.5, 0.6) is 0 Å². The zero-order valence-electron chi connectivity index (χ0n) is 11.6. The van der Waals surface area contributed by atoms with Crippen molar-refractivity contribution in [3.63, 3.8) is 0 Å². The zero-order chi connectivity index (χ0) is 15.0. The third-order valence-electron chi connectivity index (χ3n) is 3.71. The standard InChI is InChI=1S/C16H15NO3S/c1-9(16(19)20)13-5-6-14(21-13)11-2-4-12-10(8-11)3-7-15(18)17-12/h2,4-6,8-9H,3,7H2,1H3,(H,17,18)(H,19,20). The van der Waals surface area contributed by atoms with E-state index in [-0.39, 0.29) is 5.91 Å². The molecule has 0 spiro atoms. The fraction of sp³-hybridized carbons (Fsp3) is 0.250. The summed E-state index contributed by atoms with van der Waals surface area (Å²) >= 11 is 1.51. The lowest BCUT2D eigenvalue weighted by atomic mass is 10.00. The minimum Gasteiger partial charge on any atom is -0.481 e. The lowest BCUT2D eigenvalue weighted by Crippen LogP contribution is -2.18. The number of hydrogen-bond acceptors (Lipinski definition) is 3. The molecule has 0 aliphatic carbocycles. The highest BCUT2D eigenvalue weighted by atomic mass is 32.1. The SMILES string of the molecule is CC(C(=O)O)c1ccc(-c2ccc3c(c2)CCC(=O)N3)s1. The molecule has 0 saturated carbocycles. The number of aryl methyl sites for hydroxylation is 1. The summed E-state index contributed by atoms with van der Waals surface area (Å²) in [6, 6.07) is 9.80. The van der Waals surface area contributed by atoms with Gasteiger partial charge >= 0.3 is 5.97 Å². The number of fused-ring (bicyclic) bond motifs is 1. The van der Waals surface area contributed by atoms with Crippen LogP contribution < -0.4 is 5.32 Å². The fourth-order valence-corrected chi connectivity index (χ4v) is 3.45. The number of carboxylic acids is 1. The van der Waals surface area contributed by atoms with Crippen LogP contribution in [0, 0.1) is 0 Å². The van der Waals surface area contributed by atoms with Gasteiger partial charge in [0.25, 0.3) is 0 Å². The molecule has 1 aromatic heterocycles. The number of benzene rings is 1. The van der Waals surface area contributed by atoms with Gasteiger partial charge in [0.2, 0.25) is 5.91 Å². The van der Waals surface area contributed by atoms with Crippen LogP contribution in [-0.2, 0) is 16.0 Å². The number of rotatable bonds is 3. The third-order valence-corrected chi connectivity index (χ3v) is 5.03. The quantitative estimate of drug-likeness (QED) is 0.912. The molecule has 3 rings (SSSR count). The first-order valence-corrected chi connectivity index (χ1v) is 7.62. The number of aliphatic carboxylic acids is 1. The number of nitrogens with one attached hydrogen (secondary N) is 1. The van der Waals surface area contributed by atoms with Gasteiger partial charge in [0, 0.05) is 21.9 Å². The van der Waals surface area contributed by atoms with E-state index < -0.39 is 11.9 Å². The molecule has 5 heteroatoms. The van der Waals surface area contributed by atoms with Crippen LogP contribution in [0.1, 0.15) is 29.7 Å². The maximum absolute atomic E-state index is 11.4. The second-order valence-electron chi connectivity index (χ2n) is 5.18. The van der Waals surface area contributed by atoms with Crippen molar-refractivity contribution in [3.05, 3.63) is 40.8 Å². The highest BCUT2D eigenvalue weighted by Gasteiger charge is 2.18. The van der Waals surface area contributed by atoms with E-state index in [9.17, 15) is 9.59 Å². The van der Waals surface area contributed by atoms with Gasteiger partial charge in [-0.15, -0.1) is 11.3 Å². The molecule has 1 unspecified atom stereocenters. The van der Waals surface area contributed by atoms with Gasteiger partial charge in [-0.3, -0.25) is 9.59 Å². The topological polar surface area (TPSA) is 66.4 Å². The van der Waals surface area contributed by atoms with Crippen LogP contribution in [0.4, 0.5) is 5.69 Å². The van der Waals surface area contributed by atoms with E-state index in [1.165, 1.54) is 11.3 Å². The summed E-state index contributed by atoms with van der Waals surface area (Å²) in [5.74, 6) is -1.24. The van der Waals surface area contributed by atoms with Gasteiger partial charge in [-0.2, -0.15) is 0 Å². The summed E-state index contributed by atoms with van der Waals surface area (Å²) in [7, 11) is 0. The molecule has 108 valence electrons. The van der Waals surface area contributed by atoms with Crippen molar-refractivity contribution in [3.8, 4) is 10.4 Å². The Balaban J connectivity index is 1.91. The first kappa shape index (κ1) is 13.8. The minimum atomic E-state index is -0.809. The summed E-state index contributed by atoms with van der Waals surface area (Å²) in [5, 5.41) is 11.9. The highest BCUT2D eigenvalue weighted by molar-refractivity contribution is 7.15. The third kappa shape index (κ3) is 2.69. The van der Waals surface area contributed by atoms with E-state index in [4.69, 9.17) is 5.11 Å². The lowest BCUT2D eigenvalue weighted by Gasteiger charge is -2.17. The molecule has 2 aromatic rings. The van der Waals surface area contributed by atoms with Crippen molar-refractivity contribution < 1.29 is 14.7 Å². The van der Waals surface area contributed by atoms with Crippen LogP contribution in [0.25, 0.3) is 10.4 Å². The first-order valence-electron chi connectivity index (χ1n) is 6.80. The van der Waals surface area contributed by atoms with E-state index in [0.29, 0.717) is 6.42 Å². The van der Waals surface area contributed by atoms with E-state index in [1.807, 2.05) is 24.3 Å². The second-order valence-corrected chi connectivity index (χ2v) is 6.30. The van der Waals surface area contributed by atoms with E-state index in [0.717, 1.165) is 33.0 Å². The molecule has 0 fully saturated rings. The smallest absolute Gasteiger partial charge is 0.311 e. The molecular formula is C16H15NO3S. The van der Waals surface area contributed by atoms with Gasteiger partial charge in [0.1, 0.15) is 0 Å². The molecule has 1 amide bonds. The summed E-state index contributed by atoms with van der Waals surface area (Å²) < 4.78 is 0. The van der Waals surface area contributed by atoms with Gasteiger partial charge in [-0.05, 0) is 48.7 Å². The van der Waals surface area contributed by atoms with Gasteiger partial charge in [0.15, 0.2) is 0 Å². The highest BCUT2D eigenvalue weighted by Crippen LogP contribution is 2.35. The molecule has 2 heterocycles. The monoisotopic (exact) mass is 301 g/mol. The molecule has 1 aliphatic rings. The van der Waals surface area contributed by atoms with Gasteiger partial charge < -0.3 is 10.4 Å². The Morgan fingerprint density at radius 3 is 2.86 bits per heavy atom. The zero-order valence-corrected chi connectivity index (χ0v) is 12.4. The summed E-state index contributed by atoms with van der Waals surface area (Å²) in [6.07, 6.45) is 1.26. The second kappa shape index (κ2) is 5.33. The number of hydrogen-bond donors (Lipinski definition) is 2. The van der Waals surface area contributed by atoms with Crippen LogP contribution in [0.15, 0.2) is 30.3 Å². The molecule has 2 N–H and O–H groups in total. The maximum atomic E-state index is 11.4. The van der Waals surface area contributed by atoms with Crippen molar-refractivity contribution >= 4 is 28.9 Å². The number of carboxylic acid groups (broad SMARTS) is 1. The first-order chi connectivity index (χ1) is 10.0. The summed E-state index contributed by atoms with van der Waals surface area (Å²) in [6.45, 7) is 1.69. The van der Waals surface area contributed by atoms with Crippen molar-refractivity contribution in [1.29, 1.82) is 0 Å². The summed E-state index contributed by atoms with van der Waals surface area (Å²) in [5.41, 5.74) is 3.08.